The first kappa shape index (κ1) is 44.8. The minimum absolute atomic E-state index is 0.00905. The fourth-order valence-electron chi connectivity index (χ4n) is 8.13. The topological polar surface area (TPSA) is 205 Å². The lowest BCUT2D eigenvalue weighted by Gasteiger charge is -2.35. The molecule has 0 unspecified atom stereocenters. The Labute approximate surface area is 353 Å². The van der Waals surface area contributed by atoms with Crippen molar-refractivity contribution in [1.29, 1.82) is 0 Å². The van der Waals surface area contributed by atoms with Gasteiger partial charge in [-0.1, -0.05) is 39.0 Å². The van der Waals surface area contributed by atoms with Crippen LogP contribution in [0.3, 0.4) is 0 Å². The van der Waals surface area contributed by atoms with Crippen LogP contribution < -0.4 is 20.2 Å². The number of aromatic nitrogens is 2. The maximum atomic E-state index is 14.8. The number of allylic oxidation sites excluding steroid dienone is 2. The summed E-state index contributed by atoms with van der Waals surface area (Å²) in [6.07, 6.45) is 3.58. The smallest absolute Gasteiger partial charge is 0.312 e. The molecule has 1 amide bonds. The number of nitrogens with one attached hydrogen (secondary N) is 1. The fraction of sp³-hybridized carbons (Fsp3) is 0.457. The van der Waals surface area contributed by atoms with Crippen LogP contribution in [0.1, 0.15) is 77.7 Å². The van der Waals surface area contributed by atoms with Gasteiger partial charge in [0.15, 0.2) is 0 Å². The molecule has 0 aromatic heterocycles. The lowest BCUT2D eigenvalue weighted by Crippen LogP contribution is -2.43. The Hall–Kier alpha value is -5.77. The Balaban J connectivity index is 1.61. The number of ether oxygens (including phenoxy) is 5. The van der Waals surface area contributed by atoms with Crippen LogP contribution in [0.15, 0.2) is 59.1 Å². The molecule has 4 bridgehead atoms. The van der Waals surface area contributed by atoms with Gasteiger partial charge in [0.2, 0.25) is 5.43 Å². The molecule has 4 aliphatic rings. The molecule has 61 heavy (non-hydrogen) atoms. The summed E-state index contributed by atoms with van der Waals surface area (Å²) >= 11 is 0. The first-order valence-corrected chi connectivity index (χ1v) is 20.3. The van der Waals surface area contributed by atoms with Crippen LogP contribution in [0, 0.1) is 24.7 Å². The van der Waals surface area contributed by atoms with E-state index >= 15 is 0 Å². The summed E-state index contributed by atoms with van der Waals surface area (Å²) in [7, 11) is 3.14. The number of carbonyl (C=O) groups excluding carboxylic acids is 3. The van der Waals surface area contributed by atoms with Crippen LogP contribution in [0.25, 0.3) is 33.2 Å². The second kappa shape index (κ2) is 17.3. The predicted octanol–water partition coefficient (Wildman–Crippen LogP) is 6.24. The average Bonchev–Trinajstić information content (AvgIpc) is 3.46. The van der Waals surface area contributed by atoms with Gasteiger partial charge in [-0.25, -0.2) is 4.98 Å². The molecule has 3 aliphatic heterocycles. The molecule has 1 aliphatic carbocycles. The SMILES string of the molecule is CO[C@H]1/C=C/O[C@@]2(C)Oc3c(C)c(O)c4c(=O)c(c5n(C)c6cc(OC(C)C)ccc6nc-5c4c3C2=O)NC(=O)/C(C)=C\C=C\[C@H](C)[C@H](O)C[C@@H](O)[C@@H](C)[C@H](OC(C)=O)[C@@H]1C. The Morgan fingerprint density at radius 2 is 1.75 bits per heavy atom. The molecular formula is C46H55N3O12. The van der Waals surface area contributed by atoms with Crippen LogP contribution in [-0.2, 0) is 30.8 Å². The van der Waals surface area contributed by atoms with E-state index < -0.39 is 76.8 Å². The minimum Gasteiger partial charge on any atom is -0.507 e. The van der Waals surface area contributed by atoms with Crippen molar-refractivity contribution < 1.29 is 53.4 Å². The summed E-state index contributed by atoms with van der Waals surface area (Å²) in [5.74, 6) is -5.56. The summed E-state index contributed by atoms with van der Waals surface area (Å²) in [6.45, 7) is 14.7. The lowest BCUT2D eigenvalue weighted by molar-refractivity contribution is -0.158. The first-order chi connectivity index (χ1) is 28.7. The highest BCUT2D eigenvalue weighted by atomic mass is 16.7. The third-order valence-corrected chi connectivity index (χ3v) is 11.7. The zero-order valence-electron chi connectivity index (χ0n) is 36.4. The molecule has 0 saturated heterocycles. The molecule has 326 valence electrons. The van der Waals surface area contributed by atoms with Crippen LogP contribution >= 0.6 is 0 Å². The van der Waals surface area contributed by atoms with E-state index in [-0.39, 0.29) is 62.8 Å². The number of rotatable bonds is 4. The Kier molecular flexibility index (Phi) is 12.7. The number of amides is 1. The summed E-state index contributed by atoms with van der Waals surface area (Å²) in [4.78, 5) is 60.8. The molecule has 4 N–H and O–H groups in total. The van der Waals surface area contributed by atoms with Crippen molar-refractivity contribution in [2.45, 2.75) is 105 Å². The van der Waals surface area contributed by atoms with Crippen molar-refractivity contribution in [3.63, 3.8) is 0 Å². The second-order valence-corrected chi connectivity index (χ2v) is 16.6. The quantitative estimate of drug-likeness (QED) is 0.102. The molecule has 15 heteroatoms. The monoisotopic (exact) mass is 841 g/mol. The van der Waals surface area contributed by atoms with Crippen molar-refractivity contribution in [1.82, 2.24) is 9.55 Å². The van der Waals surface area contributed by atoms with Crippen molar-refractivity contribution in [2.75, 3.05) is 12.4 Å². The molecular weight excluding hydrogens is 787 g/mol. The molecule has 0 spiro atoms. The van der Waals surface area contributed by atoms with Crippen LogP contribution in [0.5, 0.6) is 17.2 Å². The second-order valence-electron chi connectivity index (χ2n) is 16.6. The largest absolute Gasteiger partial charge is 0.507 e. The van der Waals surface area contributed by atoms with E-state index in [1.807, 2.05) is 13.8 Å². The van der Waals surface area contributed by atoms with Gasteiger partial charge in [-0.3, -0.25) is 19.2 Å². The number of esters is 1. The number of fused-ring (bicyclic) bond motifs is 2. The van der Waals surface area contributed by atoms with E-state index in [2.05, 4.69) is 5.32 Å². The van der Waals surface area contributed by atoms with Crippen molar-refractivity contribution in [3.8, 4) is 28.6 Å². The standard InChI is InChI=1S/C46H55N3O12/c1-21(2)59-28-15-16-29-30(19-28)49(10)39-37(47-29)34-35-40(53)26(7)43-36(34)44(55)46(9,61-43)58-18-17-33(57-11)25(6)42(60-27(8)50)24(5)32(52)20-31(51)22(3)13-12-14-23(4)45(56)48-38(39)41(35)54/h12-19,21-22,24-25,31-33,42,51-53H,20H2,1-11H3,(H,48,56)/b13-12+,18-17+,23-14-/t22-,24+,25+,31+,32+,33-,42-,46-/m0/s1. The number of nitrogens with zero attached hydrogens (tertiary/aromatic N) is 2. The highest BCUT2D eigenvalue weighted by Crippen LogP contribution is 2.50. The number of anilines is 1. The van der Waals surface area contributed by atoms with Gasteiger partial charge in [0, 0.05) is 74.8 Å². The normalized spacial score (nSPS) is 28.4. The number of benzene rings is 3. The summed E-state index contributed by atoms with van der Waals surface area (Å²) < 4.78 is 31.5. The summed E-state index contributed by atoms with van der Waals surface area (Å²) in [5.41, 5.74) is 0.574. The number of carbonyl (C=O) groups is 3. The zero-order valence-corrected chi connectivity index (χ0v) is 36.4. The van der Waals surface area contributed by atoms with Gasteiger partial charge in [-0.05, 0) is 45.9 Å². The van der Waals surface area contributed by atoms with Crippen LogP contribution in [-0.4, -0.2) is 85.9 Å². The molecule has 6 rings (SSSR count). The fourth-order valence-corrected chi connectivity index (χ4v) is 8.13. The molecule has 2 aromatic carbocycles. The van der Waals surface area contributed by atoms with Crippen molar-refractivity contribution >= 4 is 45.2 Å². The molecule has 8 atom stereocenters. The highest BCUT2D eigenvalue weighted by Gasteiger charge is 2.50. The number of Topliss-reactive ketones (excluding diaryl/α,β-unsaturated/α-hetero) is 1. The number of phenols is 1. The van der Waals surface area contributed by atoms with E-state index in [1.165, 1.54) is 46.3 Å². The summed E-state index contributed by atoms with van der Waals surface area (Å²) in [5, 5.41) is 36.8. The number of phenolic OH excluding ortho intramolecular Hbond substituents is 1. The predicted molar refractivity (Wildman–Crippen MR) is 229 cm³/mol. The number of aromatic hydroxyl groups is 1. The van der Waals surface area contributed by atoms with Gasteiger partial charge in [0.1, 0.15) is 29.0 Å². The van der Waals surface area contributed by atoms with E-state index in [1.54, 1.807) is 69.7 Å². The van der Waals surface area contributed by atoms with Gasteiger partial charge in [0.05, 0.1) is 64.0 Å². The van der Waals surface area contributed by atoms with Gasteiger partial charge >= 0.3 is 11.8 Å². The molecule has 0 saturated carbocycles. The minimum atomic E-state index is -2.01. The molecule has 2 aromatic rings. The molecule has 0 radical (unpaired) electrons. The van der Waals surface area contributed by atoms with Crippen LogP contribution in [0.2, 0.25) is 0 Å². The zero-order chi connectivity index (χ0) is 44.8. The van der Waals surface area contributed by atoms with Gasteiger partial charge in [0.25, 0.3) is 11.7 Å². The number of aliphatic hydroxyl groups excluding tert-OH is 2. The first-order valence-electron chi connectivity index (χ1n) is 20.3. The van der Waals surface area contributed by atoms with E-state index in [0.717, 1.165) is 0 Å². The third-order valence-electron chi connectivity index (χ3n) is 11.7. The number of methoxy groups -OCH3 is 1. The average molecular weight is 842 g/mol. The van der Waals surface area contributed by atoms with E-state index in [0.29, 0.717) is 16.8 Å². The Morgan fingerprint density at radius 1 is 1.05 bits per heavy atom. The van der Waals surface area contributed by atoms with E-state index in [9.17, 15) is 34.5 Å². The number of hydrogen-bond donors (Lipinski definition) is 4. The van der Waals surface area contributed by atoms with Gasteiger partial charge in [-0.2, -0.15) is 0 Å². The molecule has 3 heterocycles. The maximum Gasteiger partial charge on any atom is 0.312 e. The molecule has 0 fully saturated rings. The Morgan fingerprint density at radius 3 is 2.41 bits per heavy atom. The van der Waals surface area contributed by atoms with Gasteiger partial charge < -0.3 is 48.9 Å². The number of aryl methyl sites for hydroxylation is 1. The van der Waals surface area contributed by atoms with Crippen molar-refractivity contribution in [3.05, 3.63) is 75.7 Å². The number of aliphatic hydroxyl groups is 2. The third kappa shape index (κ3) is 8.33. The molecule has 15 nitrogen and oxygen atoms in total. The van der Waals surface area contributed by atoms with Crippen LogP contribution in [0.4, 0.5) is 5.69 Å². The Bertz CT molecular complexity index is 2520. The highest BCUT2D eigenvalue weighted by molar-refractivity contribution is 6.22. The number of ketones is 1. The lowest BCUT2D eigenvalue weighted by atomic mass is 9.83. The number of hydrogen-bond acceptors (Lipinski definition) is 13. The maximum absolute atomic E-state index is 14.8. The summed E-state index contributed by atoms with van der Waals surface area (Å²) in [6, 6.07) is 5.25. The van der Waals surface area contributed by atoms with E-state index in [4.69, 9.17) is 28.7 Å². The van der Waals surface area contributed by atoms with Crippen molar-refractivity contribution in [2.24, 2.45) is 24.8 Å². The van der Waals surface area contributed by atoms with Gasteiger partial charge in [-0.15, -0.1) is 0 Å².